The first kappa shape index (κ1) is 16.0. The molecule has 0 heterocycles. The average Bonchev–Trinajstić information content (AvgIpc) is 2.54. The lowest BCUT2D eigenvalue weighted by Crippen LogP contribution is -2.50. The molecule has 0 aromatic rings. The Hall–Kier alpha value is -1.10. The summed E-state index contributed by atoms with van der Waals surface area (Å²) in [7, 11) is 0. The van der Waals surface area contributed by atoms with Gasteiger partial charge in [-0.25, -0.2) is 4.79 Å². The zero-order valence-corrected chi connectivity index (χ0v) is 12.3. The molecule has 3 atom stereocenters. The van der Waals surface area contributed by atoms with Crippen molar-refractivity contribution in [2.24, 2.45) is 5.92 Å². The van der Waals surface area contributed by atoms with E-state index in [0.717, 1.165) is 18.8 Å². The minimum Gasteiger partial charge on any atom is -0.338 e. The highest BCUT2D eigenvalue weighted by atomic mass is 16.2. The molecule has 0 aromatic heterocycles. The van der Waals surface area contributed by atoms with Crippen molar-refractivity contribution in [3.05, 3.63) is 0 Å². The number of amides is 3. The lowest BCUT2D eigenvalue weighted by Gasteiger charge is -2.21. The molecule has 110 valence electrons. The van der Waals surface area contributed by atoms with Gasteiger partial charge in [-0.1, -0.05) is 19.8 Å². The fourth-order valence-corrected chi connectivity index (χ4v) is 2.51. The minimum absolute atomic E-state index is 0.261. The Morgan fingerprint density at radius 2 is 1.95 bits per heavy atom. The third kappa shape index (κ3) is 6.05. The molecule has 5 heteroatoms. The summed E-state index contributed by atoms with van der Waals surface area (Å²) in [5.74, 6) is 0.523. The summed E-state index contributed by atoms with van der Waals surface area (Å²) in [6, 6.07) is -0.364. The summed E-state index contributed by atoms with van der Waals surface area (Å²) in [6.45, 7) is 6.43. The number of hydrogen-bond donors (Lipinski definition) is 3. The summed E-state index contributed by atoms with van der Waals surface area (Å²) in [4.78, 5) is 23.1. The second-order valence-electron chi connectivity index (χ2n) is 5.55. The van der Waals surface area contributed by atoms with Gasteiger partial charge >= 0.3 is 6.03 Å². The van der Waals surface area contributed by atoms with Crippen LogP contribution in [0.3, 0.4) is 0 Å². The molecule has 1 aliphatic carbocycles. The monoisotopic (exact) mass is 269 g/mol. The summed E-state index contributed by atoms with van der Waals surface area (Å²) in [6.07, 6.45) is 5.92. The summed E-state index contributed by atoms with van der Waals surface area (Å²) in [5.41, 5.74) is 0. The molecule has 1 saturated carbocycles. The number of carbonyl (C=O) groups excluding carboxylic acids is 2. The molecule has 19 heavy (non-hydrogen) atoms. The van der Waals surface area contributed by atoms with Gasteiger partial charge in [-0.05, 0) is 39.0 Å². The molecule has 3 N–H and O–H groups in total. The van der Waals surface area contributed by atoms with Crippen molar-refractivity contribution in [3.63, 3.8) is 0 Å². The highest BCUT2D eigenvalue weighted by Crippen LogP contribution is 2.22. The predicted octanol–water partition coefficient (Wildman–Crippen LogP) is 1.78. The van der Waals surface area contributed by atoms with E-state index in [-0.39, 0.29) is 11.9 Å². The number of rotatable bonds is 4. The molecule has 0 aromatic carbocycles. The molecule has 1 aliphatic rings. The van der Waals surface area contributed by atoms with E-state index in [9.17, 15) is 9.59 Å². The molecule has 5 nitrogen and oxygen atoms in total. The average molecular weight is 269 g/mol. The van der Waals surface area contributed by atoms with Crippen molar-refractivity contribution < 1.29 is 9.59 Å². The Labute approximate surface area is 115 Å². The van der Waals surface area contributed by atoms with Crippen LogP contribution in [-0.4, -0.2) is 30.6 Å². The summed E-state index contributed by atoms with van der Waals surface area (Å²) < 4.78 is 0. The molecule has 1 fully saturated rings. The van der Waals surface area contributed by atoms with Crippen LogP contribution in [0.1, 0.15) is 52.9 Å². The third-order valence-electron chi connectivity index (χ3n) is 3.71. The van der Waals surface area contributed by atoms with Gasteiger partial charge in [-0.2, -0.15) is 0 Å². The van der Waals surface area contributed by atoms with Crippen molar-refractivity contribution in [2.45, 2.75) is 65.0 Å². The molecule has 3 unspecified atom stereocenters. The molecule has 0 bridgehead atoms. The second kappa shape index (κ2) is 8.15. The Kier molecular flexibility index (Phi) is 6.84. The third-order valence-corrected chi connectivity index (χ3v) is 3.71. The van der Waals surface area contributed by atoms with E-state index in [2.05, 4.69) is 22.9 Å². The number of carbonyl (C=O) groups is 2. The van der Waals surface area contributed by atoms with Gasteiger partial charge < -0.3 is 10.6 Å². The fraction of sp³-hybridized carbons (Fsp3) is 0.857. The Bertz CT molecular complexity index is 307. The smallest absolute Gasteiger partial charge is 0.321 e. The number of urea groups is 1. The Balaban J connectivity index is 2.34. The molecule has 1 rings (SSSR count). The largest absolute Gasteiger partial charge is 0.338 e. The van der Waals surface area contributed by atoms with Crippen molar-refractivity contribution in [3.8, 4) is 0 Å². The van der Waals surface area contributed by atoms with E-state index < -0.39 is 6.03 Å². The van der Waals surface area contributed by atoms with Gasteiger partial charge in [0.1, 0.15) is 0 Å². The van der Waals surface area contributed by atoms with E-state index >= 15 is 0 Å². The van der Waals surface area contributed by atoms with Crippen LogP contribution >= 0.6 is 0 Å². The first-order chi connectivity index (χ1) is 9.02. The first-order valence-corrected chi connectivity index (χ1v) is 7.37. The van der Waals surface area contributed by atoms with Crippen LogP contribution in [0, 0.1) is 5.92 Å². The standard InChI is InChI=1S/C14H27N3O2/c1-4-15-14(19)17-13(18)11(3)16-12-7-5-6-10(2)8-9-12/h10-12,16H,4-9H2,1-3H3,(H2,15,17,18,19). The van der Waals surface area contributed by atoms with E-state index in [1.165, 1.54) is 19.3 Å². The van der Waals surface area contributed by atoms with Crippen LogP contribution in [0.4, 0.5) is 4.79 Å². The SMILES string of the molecule is CCNC(=O)NC(=O)C(C)NC1CCCC(C)CC1. The van der Waals surface area contributed by atoms with E-state index in [4.69, 9.17) is 0 Å². The second-order valence-corrected chi connectivity index (χ2v) is 5.55. The number of nitrogens with one attached hydrogen (secondary N) is 3. The molecule has 3 amide bonds. The van der Waals surface area contributed by atoms with Crippen molar-refractivity contribution in [1.29, 1.82) is 0 Å². The van der Waals surface area contributed by atoms with Gasteiger partial charge in [0.25, 0.3) is 0 Å². The quantitative estimate of drug-likeness (QED) is 0.681. The maximum Gasteiger partial charge on any atom is 0.321 e. The molecular formula is C14H27N3O2. The van der Waals surface area contributed by atoms with Crippen molar-refractivity contribution >= 4 is 11.9 Å². The Morgan fingerprint density at radius 3 is 2.63 bits per heavy atom. The van der Waals surface area contributed by atoms with Crippen molar-refractivity contribution in [2.75, 3.05) is 6.54 Å². The first-order valence-electron chi connectivity index (χ1n) is 7.37. The van der Waals surface area contributed by atoms with E-state index in [0.29, 0.717) is 12.6 Å². The fourth-order valence-electron chi connectivity index (χ4n) is 2.51. The highest BCUT2D eigenvalue weighted by molar-refractivity contribution is 5.96. The molecule has 0 radical (unpaired) electrons. The topological polar surface area (TPSA) is 70.2 Å². The lowest BCUT2D eigenvalue weighted by atomic mass is 10.0. The van der Waals surface area contributed by atoms with E-state index in [1.54, 1.807) is 0 Å². The van der Waals surface area contributed by atoms with Crippen LogP contribution in [0.25, 0.3) is 0 Å². The highest BCUT2D eigenvalue weighted by Gasteiger charge is 2.21. The molecule has 0 saturated heterocycles. The number of hydrogen-bond acceptors (Lipinski definition) is 3. The van der Waals surface area contributed by atoms with Gasteiger partial charge in [0, 0.05) is 12.6 Å². The normalized spacial score (nSPS) is 25.2. The molecule has 0 spiro atoms. The van der Waals surface area contributed by atoms with Gasteiger partial charge in [-0.3, -0.25) is 10.1 Å². The van der Waals surface area contributed by atoms with Crippen LogP contribution in [0.5, 0.6) is 0 Å². The minimum atomic E-state index is -0.421. The molecular weight excluding hydrogens is 242 g/mol. The molecule has 0 aliphatic heterocycles. The Morgan fingerprint density at radius 1 is 1.21 bits per heavy atom. The van der Waals surface area contributed by atoms with Gasteiger partial charge in [0.05, 0.1) is 6.04 Å². The summed E-state index contributed by atoms with van der Waals surface area (Å²) in [5, 5.41) is 8.23. The van der Waals surface area contributed by atoms with Gasteiger partial charge in [-0.15, -0.1) is 0 Å². The van der Waals surface area contributed by atoms with Crippen LogP contribution in [0.15, 0.2) is 0 Å². The lowest BCUT2D eigenvalue weighted by molar-refractivity contribution is -0.121. The van der Waals surface area contributed by atoms with Gasteiger partial charge in [0.2, 0.25) is 5.91 Å². The van der Waals surface area contributed by atoms with Gasteiger partial charge in [0.15, 0.2) is 0 Å². The maximum atomic E-state index is 11.8. The number of imide groups is 1. The zero-order chi connectivity index (χ0) is 14.3. The zero-order valence-electron chi connectivity index (χ0n) is 12.3. The maximum absolute atomic E-state index is 11.8. The van der Waals surface area contributed by atoms with Crippen molar-refractivity contribution in [1.82, 2.24) is 16.0 Å². The van der Waals surface area contributed by atoms with Crippen LogP contribution < -0.4 is 16.0 Å². The van der Waals surface area contributed by atoms with Crippen LogP contribution in [0.2, 0.25) is 0 Å². The van der Waals surface area contributed by atoms with E-state index in [1.807, 2.05) is 13.8 Å². The summed E-state index contributed by atoms with van der Waals surface area (Å²) >= 11 is 0. The predicted molar refractivity (Wildman–Crippen MR) is 75.9 cm³/mol. The van der Waals surface area contributed by atoms with Crippen LogP contribution in [-0.2, 0) is 4.79 Å².